The standard InChI is InChI=1S/C20H22N4O2S2/c1-14-21-22-20(24(14)15-7-9-16(26-2)10-8-15)28-13-19(25)23-11-3-5-17(23)18-6-4-12-27-18/h4,6-10,12,17H,3,5,11,13H2,1-2H3. The van der Waals surface area contributed by atoms with Crippen LogP contribution in [0.3, 0.4) is 0 Å². The number of hydrogen-bond donors (Lipinski definition) is 0. The van der Waals surface area contributed by atoms with Crippen LogP contribution in [0.1, 0.15) is 29.6 Å². The smallest absolute Gasteiger partial charge is 0.233 e. The highest BCUT2D eigenvalue weighted by atomic mass is 32.2. The second kappa shape index (κ2) is 8.36. The van der Waals surface area contributed by atoms with Crippen molar-refractivity contribution in [2.75, 3.05) is 19.4 Å². The Labute approximate surface area is 172 Å². The van der Waals surface area contributed by atoms with Gasteiger partial charge in [0.25, 0.3) is 0 Å². The molecule has 0 saturated carbocycles. The van der Waals surface area contributed by atoms with Crippen molar-refractivity contribution >= 4 is 29.0 Å². The number of carbonyl (C=O) groups excluding carboxylic acids is 1. The van der Waals surface area contributed by atoms with Crippen LogP contribution in [-0.4, -0.2) is 45.0 Å². The molecule has 4 rings (SSSR count). The molecule has 8 heteroatoms. The molecule has 0 radical (unpaired) electrons. The van der Waals surface area contributed by atoms with Gasteiger partial charge in [0.2, 0.25) is 5.91 Å². The van der Waals surface area contributed by atoms with Gasteiger partial charge in [-0.1, -0.05) is 17.8 Å². The Morgan fingerprint density at radius 3 is 2.82 bits per heavy atom. The van der Waals surface area contributed by atoms with Crippen molar-refractivity contribution in [3.8, 4) is 11.4 Å². The fourth-order valence-electron chi connectivity index (χ4n) is 3.52. The van der Waals surface area contributed by atoms with E-state index < -0.39 is 0 Å². The number of nitrogens with zero attached hydrogens (tertiary/aromatic N) is 4. The second-order valence-electron chi connectivity index (χ2n) is 6.61. The summed E-state index contributed by atoms with van der Waals surface area (Å²) in [5.41, 5.74) is 0.955. The van der Waals surface area contributed by atoms with E-state index >= 15 is 0 Å². The van der Waals surface area contributed by atoms with E-state index in [1.807, 2.05) is 40.7 Å². The normalized spacial score (nSPS) is 16.5. The van der Waals surface area contributed by atoms with Crippen molar-refractivity contribution in [1.82, 2.24) is 19.7 Å². The fraction of sp³-hybridized carbons (Fsp3) is 0.350. The van der Waals surface area contributed by atoms with Crippen molar-refractivity contribution in [2.45, 2.75) is 31.0 Å². The molecule has 146 valence electrons. The Balaban J connectivity index is 1.47. The van der Waals surface area contributed by atoms with Crippen LogP contribution in [-0.2, 0) is 4.79 Å². The van der Waals surface area contributed by atoms with Crippen LogP contribution in [0.2, 0.25) is 0 Å². The van der Waals surface area contributed by atoms with Gasteiger partial charge in [-0.15, -0.1) is 21.5 Å². The minimum atomic E-state index is 0.155. The number of thiophene rings is 1. The minimum Gasteiger partial charge on any atom is -0.497 e. The largest absolute Gasteiger partial charge is 0.497 e. The first-order chi connectivity index (χ1) is 13.7. The molecule has 1 atom stereocenters. The SMILES string of the molecule is COc1ccc(-n2c(C)nnc2SCC(=O)N2CCCC2c2cccs2)cc1. The van der Waals surface area contributed by atoms with Gasteiger partial charge in [-0.25, -0.2) is 0 Å². The molecule has 1 aliphatic heterocycles. The topological polar surface area (TPSA) is 60.2 Å². The molecule has 1 amide bonds. The number of carbonyl (C=O) groups is 1. The number of benzene rings is 1. The summed E-state index contributed by atoms with van der Waals surface area (Å²) in [4.78, 5) is 16.2. The summed E-state index contributed by atoms with van der Waals surface area (Å²) >= 11 is 3.16. The first-order valence-electron chi connectivity index (χ1n) is 9.19. The van der Waals surface area contributed by atoms with Gasteiger partial charge >= 0.3 is 0 Å². The van der Waals surface area contributed by atoms with Crippen LogP contribution < -0.4 is 4.74 Å². The molecule has 3 heterocycles. The number of amides is 1. The van der Waals surface area contributed by atoms with Gasteiger partial charge in [-0.05, 0) is 55.5 Å². The highest BCUT2D eigenvalue weighted by Gasteiger charge is 2.30. The van der Waals surface area contributed by atoms with Gasteiger partial charge in [-0.3, -0.25) is 9.36 Å². The molecule has 0 N–H and O–H groups in total. The van der Waals surface area contributed by atoms with Crippen LogP contribution in [0.25, 0.3) is 5.69 Å². The van der Waals surface area contributed by atoms with Crippen molar-refractivity contribution < 1.29 is 9.53 Å². The maximum Gasteiger partial charge on any atom is 0.233 e. The van der Waals surface area contributed by atoms with Crippen LogP contribution >= 0.6 is 23.1 Å². The van der Waals surface area contributed by atoms with Gasteiger partial charge in [0.05, 0.1) is 18.9 Å². The van der Waals surface area contributed by atoms with E-state index in [1.165, 1.54) is 16.6 Å². The lowest BCUT2D eigenvalue weighted by molar-refractivity contribution is -0.129. The van der Waals surface area contributed by atoms with Crippen LogP contribution in [0.15, 0.2) is 46.9 Å². The molecular formula is C20H22N4O2S2. The number of aromatic nitrogens is 3. The highest BCUT2D eigenvalue weighted by Crippen LogP contribution is 2.35. The molecule has 1 aromatic carbocycles. The van der Waals surface area contributed by atoms with Crippen molar-refractivity contribution in [3.05, 3.63) is 52.5 Å². The zero-order valence-corrected chi connectivity index (χ0v) is 17.5. The number of hydrogen-bond acceptors (Lipinski definition) is 6. The predicted molar refractivity (Wildman–Crippen MR) is 111 cm³/mol. The lowest BCUT2D eigenvalue weighted by Crippen LogP contribution is -2.31. The maximum atomic E-state index is 12.9. The van der Waals surface area contributed by atoms with Gasteiger partial charge < -0.3 is 9.64 Å². The van der Waals surface area contributed by atoms with E-state index in [4.69, 9.17) is 4.74 Å². The average molecular weight is 415 g/mol. The Bertz CT molecular complexity index is 938. The molecule has 28 heavy (non-hydrogen) atoms. The van der Waals surface area contributed by atoms with Crippen LogP contribution in [0.4, 0.5) is 0 Å². The lowest BCUT2D eigenvalue weighted by atomic mass is 10.2. The monoisotopic (exact) mass is 414 g/mol. The molecule has 0 bridgehead atoms. The summed E-state index contributed by atoms with van der Waals surface area (Å²) in [7, 11) is 1.65. The fourth-order valence-corrected chi connectivity index (χ4v) is 5.27. The Kier molecular flexibility index (Phi) is 5.68. The third-order valence-electron chi connectivity index (χ3n) is 4.90. The summed E-state index contributed by atoms with van der Waals surface area (Å²) in [6.07, 6.45) is 2.10. The molecule has 6 nitrogen and oxygen atoms in total. The Morgan fingerprint density at radius 2 is 2.11 bits per heavy atom. The average Bonchev–Trinajstić information content (AvgIpc) is 3.46. The molecule has 3 aromatic rings. The first kappa shape index (κ1) is 19.0. The van der Waals surface area contributed by atoms with Crippen LogP contribution in [0, 0.1) is 6.92 Å². The van der Waals surface area contributed by atoms with Gasteiger partial charge in [0.1, 0.15) is 11.6 Å². The van der Waals surface area contributed by atoms with Crippen molar-refractivity contribution in [2.24, 2.45) is 0 Å². The molecule has 1 saturated heterocycles. The van der Waals surface area contributed by atoms with Gasteiger partial charge in [0, 0.05) is 17.1 Å². The van der Waals surface area contributed by atoms with Gasteiger partial charge in [-0.2, -0.15) is 0 Å². The molecule has 2 aromatic heterocycles. The second-order valence-corrected chi connectivity index (χ2v) is 8.53. The van der Waals surface area contributed by atoms with Crippen molar-refractivity contribution in [1.29, 1.82) is 0 Å². The third kappa shape index (κ3) is 3.79. The number of likely N-dealkylation sites (tertiary alicyclic amines) is 1. The molecular weight excluding hydrogens is 392 g/mol. The van der Waals surface area contributed by atoms with E-state index in [0.29, 0.717) is 5.75 Å². The Hall–Kier alpha value is -2.32. The summed E-state index contributed by atoms with van der Waals surface area (Å²) in [5.74, 6) is 2.10. The lowest BCUT2D eigenvalue weighted by Gasteiger charge is -2.23. The highest BCUT2D eigenvalue weighted by molar-refractivity contribution is 7.99. The quantitative estimate of drug-likeness (QED) is 0.568. The van der Waals surface area contributed by atoms with Crippen LogP contribution in [0.5, 0.6) is 5.75 Å². The Morgan fingerprint density at radius 1 is 1.29 bits per heavy atom. The number of aryl methyl sites for hydroxylation is 1. The van der Waals surface area contributed by atoms with Gasteiger partial charge in [0.15, 0.2) is 5.16 Å². The minimum absolute atomic E-state index is 0.155. The summed E-state index contributed by atoms with van der Waals surface area (Å²) in [5, 5.41) is 11.3. The van der Waals surface area contributed by atoms with E-state index in [2.05, 4.69) is 27.7 Å². The summed E-state index contributed by atoms with van der Waals surface area (Å²) < 4.78 is 7.20. The number of methoxy groups -OCH3 is 1. The van der Waals surface area contributed by atoms with E-state index in [1.54, 1.807) is 18.4 Å². The summed E-state index contributed by atoms with van der Waals surface area (Å²) in [6, 6.07) is 12.1. The zero-order chi connectivity index (χ0) is 19.5. The number of thioether (sulfide) groups is 1. The first-order valence-corrected chi connectivity index (χ1v) is 11.1. The molecule has 1 aliphatic rings. The van der Waals surface area contributed by atoms with E-state index in [9.17, 15) is 4.79 Å². The number of rotatable bonds is 6. The molecule has 1 unspecified atom stereocenters. The van der Waals surface area contributed by atoms with Crippen molar-refractivity contribution in [3.63, 3.8) is 0 Å². The molecule has 0 aliphatic carbocycles. The summed E-state index contributed by atoms with van der Waals surface area (Å²) in [6.45, 7) is 2.74. The maximum absolute atomic E-state index is 12.9. The molecule has 1 fully saturated rings. The molecule has 0 spiro atoms. The zero-order valence-electron chi connectivity index (χ0n) is 15.9. The van der Waals surface area contributed by atoms with E-state index in [0.717, 1.165) is 41.8 Å². The third-order valence-corrected chi connectivity index (χ3v) is 6.78. The predicted octanol–water partition coefficient (Wildman–Crippen LogP) is 4.10. The number of ether oxygens (including phenoxy) is 1. The van der Waals surface area contributed by atoms with E-state index in [-0.39, 0.29) is 11.9 Å².